The summed E-state index contributed by atoms with van der Waals surface area (Å²) in [4.78, 5) is 0. The first kappa shape index (κ1) is 14.5. The molecule has 0 fully saturated rings. The standard InChI is InChI=1S/C17H23N3/c1-3-12-18-13-7-8-15(2)17-11-14-19-20(17)16-9-5-4-6-10-16/h4-6,8-11,14,18H,3,7,12-13H2,1-2H3/b15-8-. The fraction of sp³-hybridized carbons (Fsp3) is 0.353. The summed E-state index contributed by atoms with van der Waals surface area (Å²) in [5, 5.41) is 7.84. The highest BCUT2D eigenvalue weighted by Crippen LogP contribution is 2.18. The summed E-state index contributed by atoms with van der Waals surface area (Å²) in [5.74, 6) is 0. The largest absolute Gasteiger partial charge is 0.316 e. The van der Waals surface area contributed by atoms with E-state index in [-0.39, 0.29) is 0 Å². The molecule has 0 aliphatic carbocycles. The van der Waals surface area contributed by atoms with Crippen LogP contribution < -0.4 is 5.32 Å². The van der Waals surface area contributed by atoms with Gasteiger partial charge in [0.2, 0.25) is 0 Å². The van der Waals surface area contributed by atoms with Crippen molar-refractivity contribution in [3.8, 4) is 5.69 Å². The number of rotatable bonds is 7. The molecule has 0 amide bonds. The molecule has 0 saturated carbocycles. The maximum atomic E-state index is 4.43. The van der Waals surface area contributed by atoms with E-state index in [9.17, 15) is 0 Å². The van der Waals surface area contributed by atoms with Crippen molar-refractivity contribution in [2.24, 2.45) is 0 Å². The molecule has 0 unspecified atom stereocenters. The molecule has 20 heavy (non-hydrogen) atoms. The number of nitrogens with one attached hydrogen (secondary N) is 1. The predicted octanol–water partition coefficient (Wildman–Crippen LogP) is 3.67. The first-order chi connectivity index (χ1) is 9.83. The van der Waals surface area contributed by atoms with E-state index in [1.54, 1.807) is 0 Å². The van der Waals surface area contributed by atoms with E-state index in [1.807, 2.05) is 29.1 Å². The topological polar surface area (TPSA) is 29.9 Å². The molecule has 0 aliphatic rings. The molecule has 0 spiro atoms. The van der Waals surface area contributed by atoms with E-state index in [2.05, 4.69) is 48.5 Å². The first-order valence-corrected chi connectivity index (χ1v) is 7.30. The number of allylic oxidation sites excluding steroid dienone is 1. The van der Waals surface area contributed by atoms with E-state index in [0.717, 1.165) is 30.9 Å². The van der Waals surface area contributed by atoms with Gasteiger partial charge >= 0.3 is 0 Å². The normalized spacial score (nSPS) is 11.8. The summed E-state index contributed by atoms with van der Waals surface area (Å²) in [7, 11) is 0. The van der Waals surface area contributed by atoms with E-state index in [0.29, 0.717) is 0 Å². The zero-order valence-corrected chi connectivity index (χ0v) is 12.3. The van der Waals surface area contributed by atoms with Gasteiger partial charge in [0.15, 0.2) is 0 Å². The van der Waals surface area contributed by atoms with Crippen molar-refractivity contribution in [1.29, 1.82) is 0 Å². The Balaban J connectivity index is 2.06. The Kier molecular flexibility index (Phi) is 5.56. The fourth-order valence-corrected chi connectivity index (χ4v) is 2.17. The second kappa shape index (κ2) is 7.65. The van der Waals surface area contributed by atoms with E-state index in [4.69, 9.17) is 0 Å². The zero-order valence-electron chi connectivity index (χ0n) is 12.3. The molecule has 1 heterocycles. The van der Waals surface area contributed by atoms with Crippen LogP contribution in [0.1, 0.15) is 32.4 Å². The van der Waals surface area contributed by atoms with Crippen molar-refractivity contribution in [2.75, 3.05) is 13.1 Å². The van der Waals surface area contributed by atoms with Gasteiger partial charge in [0.05, 0.1) is 17.6 Å². The highest BCUT2D eigenvalue weighted by Gasteiger charge is 2.05. The minimum Gasteiger partial charge on any atom is -0.316 e. The Hall–Kier alpha value is -1.87. The van der Waals surface area contributed by atoms with E-state index in [1.165, 1.54) is 12.0 Å². The van der Waals surface area contributed by atoms with Gasteiger partial charge in [-0.3, -0.25) is 0 Å². The molecule has 0 bridgehead atoms. The van der Waals surface area contributed by atoms with Gasteiger partial charge < -0.3 is 5.32 Å². The minimum atomic E-state index is 1.03. The third-order valence-electron chi connectivity index (χ3n) is 3.25. The Morgan fingerprint density at radius 3 is 2.75 bits per heavy atom. The zero-order chi connectivity index (χ0) is 14.2. The molecule has 1 aromatic heterocycles. The van der Waals surface area contributed by atoms with Gasteiger partial charge in [-0.15, -0.1) is 0 Å². The van der Waals surface area contributed by atoms with Crippen molar-refractivity contribution in [3.63, 3.8) is 0 Å². The molecule has 1 N–H and O–H groups in total. The lowest BCUT2D eigenvalue weighted by Crippen LogP contribution is -2.15. The average Bonchev–Trinajstić information content (AvgIpc) is 2.97. The van der Waals surface area contributed by atoms with Crippen LogP contribution in [0.3, 0.4) is 0 Å². The van der Waals surface area contributed by atoms with Crippen molar-refractivity contribution < 1.29 is 0 Å². The summed E-state index contributed by atoms with van der Waals surface area (Å²) in [5.41, 5.74) is 3.53. The van der Waals surface area contributed by atoms with Crippen LogP contribution in [0.5, 0.6) is 0 Å². The van der Waals surface area contributed by atoms with Crippen LogP contribution in [0.15, 0.2) is 48.7 Å². The minimum absolute atomic E-state index is 1.03. The lowest BCUT2D eigenvalue weighted by molar-refractivity contribution is 0.678. The lowest BCUT2D eigenvalue weighted by Gasteiger charge is -2.08. The molecule has 0 aliphatic heterocycles. The highest BCUT2D eigenvalue weighted by atomic mass is 15.3. The summed E-state index contributed by atoms with van der Waals surface area (Å²) in [6.45, 7) is 6.46. The Morgan fingerprint density at radius 2 is 2.00 bits per heavy atom. The van der Waals surface area contributed by atoms with Crippen LogP contribution in [0.25, 0.3) is 11.3 Å². The fourth-order valence-electron chi connectivity index (χ4n) is 2.17. The number of aromatic nitrogens is 2. The van der Waals surface area contributed by atoms with Gasteiger partial charge in [0, 0.05) is 0 Å². The molecule has 0 radical (unpaired) electrons. The van der Waals surface area contributed by atoms with Gasteiger partial charge in [-0.1, -0.05) is 31.2 Å². The first-order valence-electron chi connectivity index (χ1n) is 7.30. The molecule has 0 saturated heterocycles. The Morgan fingerprint density at radius 1 is 1.20 bits per heavy atom. The van der Waals surface area contributed by atoms with Crippen molar-refractivity contribution in [1.82, 2.24) is 15.1 Å². The number of hydrogen-bond acceptors (Lipinski definition) is 2. The third-order valence-corrected chi connectivity index (χ3v) is 3.25. The van der Waals surface area contributed by atoms with Gasteiger partial charge in [0.25, 0.3) is 0 Å². The van der Waals surface area contributed by atoms with Crippen molar-refractivity contribution >= 4 is 5.57 Å². The molecule has 2 rings (SSSR count). The van der Waals surface area contributed by atoms with Crippen LogP contribution in [-0.2, 0) is 0 Å². The van der Waals surface area contributed by atoms with Crippen LogP contribution in [0.2, 0.25) is 0 Å². The van der Waals surface area contributed by atoms with Gasteiger partial charge in [-0.2, -0.15) is 5.10 Å². The molecule has 3 nitrogen and oxygen atoms in total. The third kappa shape index (κ3) is 3.81. The van der Waals surface area contributed by atoms with Crippen molar-refractivity contribution in [2.45, 2.75) is 26.7 Å². The molecular formula is C17H23N3. The maximum Gasteiger partial charge on any atom is 0.0694 e. The van der Waals surface area contributed by atoms with Crippen LogP contribution >= 0.6 is 0 Å². The number of benzene rings is 1. The van der Waals surface area contributed by atoms with Crippen molar-refractivity contribution in [3.05, 3.63) is 54.4 Å². The van der Waals surface area contributed by atoms with Crippen LogP contribution in [0, 0.1) is 0 Å². The summed E-state index contributed by atoms with van der Waals surface area (Å²) < 4.78 is 1.99. The van der Waals surface area contributed by atoms with Crippen LogP contribution in [0.4, 0.5) is 0 Å². The number of hydrogen-bond donors (Lipinski definition) is 1. The summed E-state index contributed by atoms with van der Waals surface area (Å²) in [6, 6.07) is 12.3. The molecule has 3 heteroatoms. The van der Waals surface area contributed by atoms with Gasteiger partial charge in [-0.25, -0.2) is 4.68 Å². The predicted molar refractivity (Wildman–Crippen MR) is 85.0 cm³/mol. The average molecular weight is 269 g/mol. The Bertz CT molecular complexity index is 540. The number of para-hydroxylation sites is 1. The quantitative estimate of drug-likeness (QED) is 0.777. The summed E-state index contributed by atoms with van der Waals surface area (Å²) >= 11 is 0. The lowest BCUT2D eigenvalue weighted by atomic mass is 10.1. The second-order valence-corrected chi connectivity index (χ2v) is 4.89. The molecule has 2 aromatic rings. The van der Waals surface area contributed by atoms with E-state index >= 15 is 0 Å². The smallest absolute Gasteiger partial charge is 0.0694 e. The second-order valence-electron chi connectivity index (χ2n) is 4.89. The Labute approximate surface area is 121 Å². The molecule has 0 atom stereocenters. The summed E-state index contributed by atoms with van der Waals surface area (Å²) in [6.07, 6.45) is 6.36. The van der Waals surface area contributed by atoms with Crippen LogP contribution in [-0.4, -0.2) is 22.9 Å². The monoisotopic (exact) mass is 269 g/mol. The number of nitrogens with zero attached hydrogens (tertiary/aromatic N) is 2. The highest BCUT2D eigenvalue weighted by molar-refractivity contribution is 5.62. The maximum absolute atomic E-state index is 4.43. The molecule has 106 valence electrons. The SMILES string of the molecule is CCCNCC/C=C(/C)c1ccnn1-c1ccccc1. The molecule has 1 aromatic carbocycles. The van der Waals surface area contributed by atoms with Gasteiger partial charge in [0.1, 0.15) is 0 Å². The van der Waals surface area contributed by atoms with Gasteiger partial charge in [-0.05, 0) is 56.6 Å². The molecular weight excluding hydrogens is 246 g/mol. The van der Waals surface area contributed by atoms with E-state index < -0.39 is 0 Å².